The first-order valence-electron chi connectivity index (χ1n) is 6.18. The highest BCUT2D eigenvalue weighted by Gasteiger charge is 2.08. The van der Waals surface area contributed by atoms with Crippen molar-refractivity contribution in [3.05, 3.63) is 59.2 Å². The molecular formula is C15H13ClN4. The van der Waals surface area contributed by atoms with E-state index < -0.39 is 0 Å². The zero-order valence-electron chi connectivity index (χ0n) is 10.9. The Morgan fingerprint density at radius 2 is 1.85 bits per heavy atom. The molecule has 20 heavy (non-hydrogen) atoms. The Hall–Kier alpha value is -2.33. The molecule has 2 aromatic carbocycles. The molecular weight excluding hydrogens is 272 g/mol. The molecule has 0 saturated carbocycles. The molecule has 100 valence electrons. The van der Waals surface area contributed by atoms with Crippen molar-refractivity contribution in [2.45, 2.75) is 6.92 Å². The van der Waals surface area contributed by atoms with E-state index >= 15 is 0 Å². The summed E-state index contributed by atoms with van der Waals surface area (Å²) in [7, 11) is 0. The lowest BCUT2D eigenvalue weighted by molar-refractivity contribution is 0.804. The maximum atomic E-state index is 6.04. The highest BCUT2D eigenvalue weighted by Crippen LogP contribution is 2.25. The van der Waals surface area contributed by atoms with Crippen LogP contribution in [0.3, 0.4) is 0 Å². The SMILES string of the molecule is Cc1ccc(Cl)cc1-c1cn(-c2ccc(N)cc2)nn1. The van der Waals surface area contributed by atoms with Crippen LogP contribution in [0.4, 0.5) is 5.69 Å². The van der Waals surface area contributed by atoms with Crippen LogP contribution in [0.2, 0.25) is 5.02 Å². The van der Waals surface area contributed by atoms with Crippen molar-refractivity contribution in [1.29, 1.82) is 0 Å². The van der Waals surface area contributed by atoms with E-state index in [4.69, 9.17) is 17.3 Å². The Morgan fingerprint density at radius 3 is 2.60 bits per heavy atom. The lowest BCUT2D eigenvalue weighted by Gasteiger charge is -2.02. The summed E-state index contributed by atoms with van der Waals surface area (Å²) in [5.41, 5.74) is 10.2. The molecule has 0 fully saturated rings. The first-order chi connectivity index (χ1) is 9.63. The monoisotopic (exact) mass is 284 g/mol. The second-order valence-electron chi connectivity index (χ2n) is 4.60. The van der Waals surface area contributed by atoms with Crippen LogP contribution in [0.5, 0.6) is 0 Å². The number of benzene rings is 2. The van der Waals surface area contributed by atoms with Gasteiger partial charge in [0, 0.05) is 16.3 Å². The van der Waals surface area contributed by atoms with Crippen molar-refractivity contribution in [3.8, 4) is 16.9 Å². The summed E-state index contributed by atoms with van der Waals surface area (Å²) in [4.78, 5) is 0. The van der Waals surface area contributed by atoms with E-state index in [1.54, 1.807) is 4.68 Å². The number of nitrogens with two attached hydrogens (primary N) is 1. The van der Waals surface area contributed by atoms with Gasteiger partial charge in [0.15, 0.2) is 0 Å². The zero-order chi connectivity index (χ0) is 14.1. The standard InChI is InChI=1S/C15H13ClN4/c1-10-2-3-11(16)8-14(10)15-9-20(19-18-15)13-6-4-12(17)5-7-13/h2-9H,17H2,1H3. The van der Waals surface area contributed by atoms with Crippen molar-refractivity contribution < 1.29 is 0 Å². The zero-order valence-corrected chi connectivity index (χ0v) is 11.7. The average molecular weight is 285 g/mol. The number of rotatable bonds is 2. The Bertz CT molecular complexity index is 747. The summed E-state index contributed by atoms with van der Waals surface area (Å²) < 4.78 is 1.72. The maximum Gasteiger partial charge on any atom is 0.113 e. The Kier molecular flexibility index (Phi) is 3.16. The van der Waals surface area contributed by atoms with Gasteiger partial charge >= 0.3 is 0 Å². The van der Waals surface area contributed by atoms with Crippen molar-refractivity contribution in [2.24, 2.45) is 0 Å². The molecule has 4 nitrogen and oxygen atoms in total. The van der Waals surface area contributed by atoms with Crippen LogP contribution in [0.1, 0.15) is 5.56 Å². The number of anilines is 1. The molecule has 3 rings (SSSR count). The third kappa shape index (κ3) is 2.38. The van der Waals surface area contributed by atoms with Crippen LogP contribution in [0.15, 0.2) is 48.7 Å². The van der Waals surface area contributed by atoms with E-state index in [0.717, 1.165) is 28.2 Å². The van der Waals surface area contributed by atoms with Crippen LogP contribution in [0, 0.1) is 6.92 Å². The maximum absolute atomic E-state index is 6.04. The van der Waals surface area contributed by atoms with Gasteiger partial charge in [-0.05, 0) is 48.9 Å². The molecule has 2 N–H and O–H groups in total. The number of nitrogens with zero attached hydrogens (tertiary/aromatic N) is 3. The molecule has 1 heterocycles. The third-order valence-corrected chi connectivity index (χ3v) is 3.36. The first kappa shape index (κ1) is 12.7. The summed E-state index contributed by atoms with van der Waals surface area (Å²) in [6.07, 6.45) is 1.88. The van der Waals surface area contributed by atoms with Crippen molar-refractivity contribution in [3.63, 3.8) is 0 Å². The van der Waals surface area contributed by atoms with Gasteiger partial charge in [0.1, 0.15) is 5.69 Å². The number of aryl methyl sites for hydroxylation is 1. The minimum Gasteiger partial charge on any atom is -0.399 e. The van der Waals surface area contributed by atoms with Gasteiger partial charge in [0.25, 0.3) is 0 Å². The first-order valence-corrected chi connectivity index (χ1v) is 6.56. The van der Waals surface area contributed by atoms with Crippen LogP contribution in [-0.4, -0.2) is 15.0 Å². The molecule has 1 aromatic heterocycles. The molecule has 0 bridgehead atoms. The van der Waals surface area contributed by atoms with E-state index in [-0.39, 0.29) is 0 Å². The van der Waals surface area contributed by atoms with Gasteiger partial charge in [-0.15, -0.1) is 5.10 Å². The smallest absolute Gasteiger partial charge is 0.113 e. The van der Waals surface area contributed by atoms with Crippen molar-refractivity contribution in [2.75, 3.05) is 5.73 Å². The molecule has 0 spiro atoms. The van der Waals surface area contributed by atoms with E-state index in [1.807, 2.05) is 55.6 Å². The molecule has 0 aliphatic rings. The Balaban J connectivity index is 2.01. The molecule has 0 aliphatic heterocycles. The molecule has 0 atom stereocenters. The summed E-state index contributed by atoms with van der Waals surface area (Å²) in [5, 5.41) is 9.04. The lowest BCUT2D eigenvalue weighted by atomic mass is 10.1. The number of nitrogen functional groups attached to an aromatic ring is 1. The number of aromatic nitrogens is 3. The van der Waals surface area contributed by atoms with Gasteiger partial charge in [-0.2, -0.15) is 0 Å². The highest BCUT2D eigenvalue weighted by atomic mass is 35.5. The summed E-state index contributed by atoms with van der Waals surface area (Å²) in [6, 6.07) is 13.2. The Labute approximate surface area is 121 Å². The van der Waals surface area contributed by atoms with Crippen molar-refractivity contribution >= 4 is 17.3 Å². The third-order valence-electron chi connectivity index (χ3n) is 3.13. The Morgan fingerprint density at radius 1 is 1.10 bits per heavy atom. The van der Waals surface area contributed by atoms with E-state index in [2.05, 4.69) is 10.3 Å². The van der Waals surface area contributed by atoms with Crippen LogP contribution in [0.25, 0.3) is 16.9 Å². The van der Waals surface area contributed by atoms with E-state index in [1.165, 1.54) is 0 Å². The average Bonchev–Trinajstić information content (AvgIpc) is 2.92. The molecule has 0 saturated heterocycles. The van der Waals surface area contributed by atoms with Gasteiger partial charge in [0.05, 0.1) is 11.9 Å². The van der Waals surface area contributed by atoms with E-state index in [0.29, 0.717) is 5.02 Å². The number of halogens is 1. The summed E-state index contributed by atoms with van der Waals surface area (Å²) in [5.74, 6) is 0. The minimum atomic E-state index is 0.688. The molecule has 0 unspecified atom stereocenters. The predicted molar refractivity (Wildman–Crippen MR) is 81.0 cm³/mol. The van der Waals surface area contributed by atoms with Crippen molar-refractivity contribution in [1.82, 2.24) is 15.0 Å². The van der Waals surface area contributed by atoms with Crippen LogP contribution < -0.4 is 5.73 Å². The molecule has 3 aromatic rings. The molecule has 0 radical (unpaired) electrons. The largest absolute Gasteiger partial charge is 0.399 e. The second kappa shape index (κ2) is 4.98. The quantitative estimate of drug-likeness (QED) is 0.733. The summed E-state index contributed by atoms with van der Waals surface area (Å²) >= 11 is 6.04. The number of hydrogen-bond donors (Lipinski definition) is 1. The van der Waals surface area contributed by atoms with Gasteiger partial charge in [-0.1, -0.05) is 22.9 Å². The van der Waals surface area contributed by atoms with Crippen LogP contribution in [-0.2, 0) is 0 Å². The minimum absolute atomic E-state index is 0.688. The van der Waals surface area contributed by atoms with Crippen LogP contribution >= 0.6 is 11.6 Å². The van der Waals surface area contributed by atoms with Gasteiger partial charge in [-0.3, -0.25) is 0 Å². The number of hydrogen-bond acceptors (Lipinski definition) is 3. The topological polar surface area (TPSA) is 56.7 Å². The second-order valence-corrected chi connectivity index (χ2v) is 5.04. The predicted octanol–water partition coefficient (Wildman–Crippen LogP) is 3.48. The van der Waals surface area contributed by atoms with E-state index in [9.17, 15) is 0 Å². The normalized spacial score (nSPS) is 10.7. The fourth-order valence-corrected chi connectivity index (χ4v) is 2.18. The van der Waals surface area contributed by atoms with Gasteiger partial charge in [0.2, 0.25) is 0 Å². The fraction of sp³-hybridized carbons (Fsp3) is 0.0667. The fourth-order valence-electron chi connectivity index (χ4n) is 2.01. The molecule has 5 heteroatoms. The van der Waals surface area contributed by atoms with Gasteiger partial charge < -0.3 is 5.73 Å². The van der Waals surface area contributed by atoms with Gasteiger partial charge in [-0.25, -0.2) is 4.68 Å². The molecule has 0 aliphatic carbocycles. The summed E-state index contributed by atoms with van der Waals surface area (Å²) in [6.45, 7) is 2.02. The molecule has 0 amide bonds. The highest BCUT2D eigenvalue weighted by molar-refractivity contribution is 6.30. The lowest BCUT2D eigenvalue weighted by Crippen LogP contribution is -1.95.